The van der Waals surface area contributed by atoms with Crippen molar-refractivity contribution in [2.45, 2.75) is 63.4 Å². The molecule has 7 heteroatoms. The number of methoxy groups -OCH3 is 1. The first-order valence-corrected chi connectivity index (χ1v) is 13.0. The van der Waals surface area contributed by atoms with E-state index in [4.69, 9.17) is 16.3 Å². The van der Waals surface area contributed by atoms with Crippen molar-refractivity contribution in [3.05, 3.63) is 64.7 Å². The second-order valence-electron chi connectivity index (χ2n) is 8.47. The molecule has 0 radical (unpaired) electrons. The highest BCUT2D eigenvalue weighted by molar-refractivity contribution is 7.99. The minimum absolute atomic E-state index is 0.0610. The Hall–Kier alpha value is -2.18. The molecule has 0 aromatic heterocycles. The number of halogens is 1. The zero-order valence-electron chi connectivity index (χ0n) is 19.4. The van der Waals surface area contributed by atoms with Crippen molar-refractivity contribution in [3.63, 3.8) is 0 Å². The van der Waals surface area contributed by atoms with Crippen LogP contribution >= 0.6 is 23.4 Å². The third kappa shape index (κ3) is 7.68. The standard InChI is InChI=1S/C26H33ClN2O3S/c1-19(26(31)28-22-9-4-3-5-10-22)29(16-20-12-14-23(32-2)15-13-20)25(30)18-33-17-21-8-6-7-11-24(21)27/h6-8,11-15,19,22H,3-5,9-10,16-18H2,1-2H3,(H,28,31)/t19-/m0/s1. The maximum Gasteiger partial charge on any atom is 0.242 e. The van der Waals surface area contributed by atoms with Gasteiger partial charge in [-0.2, -0.15) is 0 Å². The fourth-order valence-electron chi connectivity index (χ4n) is 4.03. The van der Waals surface area contributed by atoms with Crippen LogP contribution in [0.4, 0.5) is 0 Å². The van der Waals surface area contributed by atoms with E-state index in [9.17, 15) is 9.59 Å². The minimum atomic E-state index is -0.553. The molecule has 1 fully saturated rings. The Morgan fingerprint density at radius 2 is 1.82 bits per heavy atom. The van der Waals surface area contributed by atoms with E-state index in [-0.39, 0.29) is 23.6 Å². The number of nitrogens with one attached hydrogen (secondary N) is 1. The molecule has 1 aliphatic carbocycles. The third-order valence-electron chi connectivity index (χ3n) is 6.07. The lowest BCUT2D eigenvalue weighted by Gasteiger charge is -2.31. The number of hydrogen-bond acceptors (Lipinski definition) is 4. The molecule has 2 aromatic rings. The van der Waals surface area contributed by atoms with E-state index in [1.165, 1.54) is 18.2 Å². The first kappa shape index (κ1) is 25.4. The minimum Gasteiger partial charge on any atom is -0.497 e. The fourth-order valence-corrected chi connectivity index (χ4v) is 5.22. The van der Waals surface area contributed by atoms with Gasteiger partial charge in [-0.3, -0.25) is 9.59 Å². The van der Waals surface area contributed by atoms with E-state index in [1.54, 1.807) is 12.0 Å². The van der Waals surface area contributed by atoms with Gasteiger partial charge < -0.3 is 15.0 Å². The second kappa shape index (κ2) is 12.9. The van der Waals surface area contributed by atoms with Crippen LogP contribution < -0.4 is 10.1 Å². The first-order chi connectivity index (χ1) is 16.0. The van der Waals surface area contributed by atoms with Crippen molar-refractivity contribution in [2.75, 3.05) is 12.9 Å². The molecule has 33 heavy (non-hydrogen) atoms. The van der Waals surface area contributed by atoms with Gasteiger partial charge in [-0.1, -0.05) is 61.2 Å². The van der Waals surface area contributed by atoms with E-state index < -0.39 is 6.04 Å². The predicted molar refractivity (Wildman–Crippen MR) is 136 cm³/mol. The molecule has 0 aliphatic heterocycles. The Balaban J connectivity index is 1.66. The van der Waals surface area contributed by atoms with E-state index in [0.29, 0.717) is 17.3 Å². The zero-order valence-corrected chi connectivity index (χ0v) is 21.0. The van der Waals surface area contributed by atoms with Gasteiger partial charge in [0, 0.05) is 23.4 Å². The molecule has 1 atom stereocenters. The second-order valence-corrected chi connectivity index (χ2v) is 9.87. The number of nitrogens with zero attached hydrogens (tertiary/aromatic N) is 1. The highest BCUT2D eigenvalue weighted by atomic mass is 35.5. The van der Waals surface area contributed by atoms with Gasteiger partial charge in [0.1, 0.15) is 11.8 Å². The van der Waals surface area contributed by atoms with Crippen LogP contribution in [0.2, 0.25) is 5.02 Å². The van der Waals surface area contributed by atoms with Gasteiger partial charge >= 0.3 is 0 Å². The van der Waals surface area contributed by atoms with Crippen LogP contribution in [0.3, 0.4) is 0 Å². The predicted octanol–water partition coefficient (Wildman–Crippen LogP) is 5.45. The highest BCUT2D eigenvalue weighted by Crippen LogP contribution is 2.22. The number of amides is 2. The van der Waals surface area contributed by atoms with Crippen molar-refractivity contribution >= 4 is 35.2 Å². The number of ether oxygens (including phenoxy) is 1. The molecule has 5 nitrogen and oxygen atoms in total. The quantitative estimate of drug-likeness (QED) is 0.483. The number of carbonyl (C=O) groups is 2. The van der Waals surface area contributed by atoms with E-state index in [0.717, 1.165) is 42.6 Å². The smallest absolute Gasteiger partial charge is 0.242 e. The lowest BCUT2D eigenvalue weighted by atomic mass is 9.95. The summed E-state index contributed by atoms with van der Waals surface area (Å²) in [6, 6.07) is 14.9. The van der Waals surface area contributed by atoms with E-state index >= 15 is 0 Å². The largest absolute Gasteiger partial charge is 0.497 e. The summed E-state index contributed by atoms with van der Waals surface area (Å²) in [6.45, 7) is 2.19. The number of thioether (sulfide) groups is 1. The topological polar surface area (TPSA) is 58.6 Å². The van der Waals surface area contributed by atoms with Gasteiger partial charge in [-0.05, 0) is 49.1 Å². The van der Waals surface area contributed by atoms with Crippen molar-refractivity contribution in [1.29, 1.82) is 0 Å². The molecular weight excluding hydrogens is 456 g/mol. The zero-order chi connectivity index (χ0) is 23.6. The van der Waals surface area contributed by atoms with E-state index in [2.05, 4.69) is 5.32 Å². The molecule has 0 spiro atoms. The average Bonchev–Trinajstić information content (AvgIpc) is 2.84. The summed E-state index contributed by atoms with van der Waals surface area (Å²) in [5.74, 6) is 1.54. The molecule has 0 heterocycles. The van der Waals surface area contributed by atoms with Gasteiger partial charge in [0.25, 0.3) is 0 Å². The van der Waals surface area contributed by atoms with Crippen LogP contribution in [0.5, 0.6) is 5.75 Å². The Morgan fingerprint density at radius 3 is 2.48 bits per heavy atom. The van der Waals surface area contributed by atoms with Crippen LogP contribution in [-0.2, 0) is 21.9 Å². The number of hydrogen-bond donors (Lipinski definition) is 1. The summed E-state index contributed by atoms with van der Waals surface area (Å²) in [5, 5.41) is 3.87. The first-order valence-electron chi connectivity index (χ1n) is 11.5. The molecular formula is C26H33ClN2O3S. The fraction of sp³-hybridized carbons (Fsp3) is 0.462. The molecule has 3 rings (SSSR count). The van der Waals surface area contributed by atoms with Crippen LogP contribution in [0, 0.1) is 0 Å². The van der Waals surface area contributed by atoms with Gasteiger partial charge in [0.15, 0.2) is 0 Å². The number of benzene rings is 2. The maximum atomic E-state index is 13.3. The Labute approximate surface area is 206 Å². The summed E-state index contributed by atoms with van der Waals surface area (Å²) in [6.07, 6.45) is 5.54. The summed E-state index contributed by atoms with van der Waals surface area (Å²) >= 11 is 7.76. The summed E-state index contributed by atoms with van der Waals surface area (Å²) < 4.78 is 5.24. The van der Waals surface area contributed by atoms with Crippen LogP contribution in [0.1, 0.15) is 50.2 Å². The molecule has 1 saturated carbocycles. The van der Waals surface area contributed by atoms with Crippen LogP contribution in [-0.4, -0.2) is 41.7 Å². The molecule has 0 bridgehead atoms. The van der Waals surface area contributed by atoms with E-state index in [1.807, 2.05) is 55.5 Å². The summed E-state index contributed by atoms with van der Waals surface area (Å²) in [4.78, 5) is 28.0. The summed E-state index contributed by atoms with van der Waals surface area (Å²) in [5.41, 5.74) is 1.96. The number of carbonyl (C=O) groups excluding carboxylic acids is 2. The maximum absolute atomic E-state index is 13.3. The van der Waals surface area contributed by atoms with Crippen molar-refractivity contribution < 1.29 is 14.3 Å². The number of rotatable bonds is 10. The lowest BCUT2D eigenvalue weighted by molar-refractivity contribution is -0.139. The van der Waals surface area contributed by atoms with Crippen molar-refractivity contribution in [2.24, 2.45) is 0 Å². The molecule has 0 unspecified atom stereocenters. The monoisotopic (exact) mass is 488 g/mol. The van der Waals surface area contributed by atoms with Crippen molar-refractivity contribution in [3.8, 4) is 5.75 Å². The molecule has 2 amide bonds. The Bertz CT molecular complexity index is 916. The lowest BCUT2D eigenvalue weighted by Crippen LogP contribution is -2.50. The van der Waals surface area contributed by atoms with Gasteiger partial charge in [0.2, 0.25) is 11.8 Å². The molecule has 2 aromatic carbocycles. The van der Waals surface area contributed by atoms with Gasteiger partial charge in [-0.25, -0.2) is 0 Å². The van der Waals surface area contributed by atoms with Crippen LogP contribution in [0.25, 0.3) is 0 Å². The third-order valence-corrected chi connectivity index (χ3v) is 7.41. The molecule has 0 saturated heterocycles. The average molecular weight is 489 g/mol. The van der Waals surface area contributed by atoms with Crippen LogP contribution in [0.15, 0.2) is 48.5 Å². The Kier molecular flexibility index (Phi) is 9.95. The van der Waals surface area contributed by atoms with Crippen molar-refractivity contribution in [1.82, 2.24) is 10.2 Å². The Morgan fingerprint density at radius 1 is 1.12 bits per heavy atom. The normalized spacial score (nSPS) is 15.0. The summed E-state index contributed by atoms with van der Waals surface area (Å²) in [7, 11) is 1.62. The SMILES string of the molecule is COc1ccc(CN(C(=O)CSCc2ccccc2Cl)[C@@H](C)C(=O)NC2CCCCC2)cc1. The molecule has 178 valence electrons. The molecule has 1 N–H and O–H groups in total. The highest BCUT2D eigenvalue weighted by Gasteiger charge is 2.28. The van der Waals surface area contributed by atoms with Gasteiger partial charge in [-0.15, -0.1) is 11.8 Å². The van der Waals surface area contributed by atoms with Gasteiger partial charge in [0.05, 0.1) is 12.9 Å². The molecule has 1 aliphatic rings.